The van der Waals surface area contributed by atoms with Crippen LogP contribution in [0.15, 0.2) is 22.7 Å². The second-order valence-corrected chi connectivity index (χ2v) is 4.73. The highest BCUT2D eigenvalue weighted by Crippen LogP contribution is 2.24. The molecule has 17 heavy (non-hydrogen) atoms. The lowest BCUT2D eigenvalue weighted by atomic mass is 10.2. The van der Waals surface area contributed by atoms with Gasteiger partial charge in [-0.15, -0.1) is 0 Å². The van der Waals surface area contributed by atoms with E-state index >= 15 is 0 Å². The monoisotopic (exact) mass is 300 g/mol. The quantitative estimate of drug-likeness (QED) is 0.498. The van der Waals surface area contributed by atoms with Crippen molar-refractivity contribution in [1.29, 1.82) is 0 Å². The van der Waals surface area contributed by atoms with E-state index in [1.165, 1.54) is 0 Å². The van der Waals surface area contributed by atoms with Crippen molar-refractivity contribution in [3.05, 3.63) is 28.2 Å². The summed E-state index contributed by atoms with van der Waals surface area (Å²) < 4.78 is 6.62. The van der Waals surface area contributed by atoms with Gasteiger partial charge in [-0.2, -0.15) is 0 Å². The Balaban J connectivity index is 2.85. The van der Waals surface area contributed by atoms with Gasteiger partial charge >= 0.3 is 0 Å². The van der Waals surface area contributed by atoms with Gasteiger partial charge < -0.3 is 4.74 Å². The van der Waals surface area contributed by atoms with Crippen LogP contribution in [0.25, 0.3) is 0 Å². The Morgan fingerprint density at radius 3 is 2.88 bits per heavy atom. The van der Waals surface area contributed by atoms with Crippen LogP contribution in [0.2, 0.25) is 0 Å². The molecule has 5 heteroatoms. The Labute approximate surface area is 110 Å². The summed E-state index contributed by atoms with van der Waals surface area (Å²) in [4.78, 5) is 11.5. The Kier molecular flexibility index (Phi) is 5.44. The normalized spacial score (nSPS) is 12.0. The van der Waals surface area contributed by atoms with E-state index in [-0.39, 0.29) is 5.91 Å². The molecule has 1 unspecified atom stereocenters. The molecule has 0 aliphatic carbocycles. The summed E-state index contributed by atoms with van der Waals surface area (Å²) in [5.74, 6) is 5.53. The number of aryl methyl sites for hydroxylation is 1. The minimum absolute atomic E-state index is 0.300. The molecule has 0 bridgehead atoms. The molecule has 3 N–H and O–H groups in total. The molecular formula is C12H17BrN2O2. The SMILES string of the molecule is CCCC(Oc1cc(Br)ccc1C)C(=O)NN. The molecule has 0 aromatic heterocycles. The number of rotatable bonds is 5. The molecule has 0 spiro atoms. The average Bonchev–Trinajstić information content (AvgIpc) is 2.32. The van der Waals surface area contributed by atoms with Crippen LogP contribution < -0.4 is 16.0 Å². The van der Waals surface area contributed by atoms with Crippen LogP contribution in [0.1, 0.15) is 25.3 Å². The maximum atomic E-state index is 11.5. The zero-order valence-corrected chi connectivity index (χ0v) is 11.6. The van der Waals surface area contributed by atoms with Gasteiger partial charge in [0.2, 0.25) is 0 Å². The van der Waals surface area contributed by atoms with Crippen LogP contribution in [-0.4, -0.2) is 12.0 Å². The summed E-state index contributed by atoms with van der Waals surface area (Å²) in [5, 5.41) is 0. The van der Waals surface area contributed by atoms with E-state index in [0.29, 0.717) is 12.2 Å². The van der Waals surface area contributed by atoms with Gasteiger partial charge in [0.15, 0.2) is 6.10 Å². The van der Waals surface area contributed by atoms with Gasteiger partial charge in [-0.25, -0.2) is 5.84 Å². The third kappa shape index (κ3) is 4.02. The fourth-order valence-corrected chi connectivity index (χ4v) is 1.79. The number of carbonyl (C=O) groups is 1. The lowest BCUT2D eigenvalue weighted by Gasteiger charge is -2.18. The van der Waals surface area contributed by atoms with E-state index in [1.807, 2.05) is 32.0 Å². The van der Waals surface area contributed by atoms with E-state index < -0.39 is 6.10 Å². The summed E-state index contributed by atoms with van der Waals surface area (Å²) in [7, 11) is 0. The number of nitrogens with one attached hydrogen (secondary N) is 1. The Morgan fingerprint density at radius 2 is 2.29 bits per heavy atom. The van der Waals surface area contributed by atoms with Crippen LogP contribution >= 0.6 is 15.9 Å². The molecule has 1 aromatic carbocycles. The number of amides is 1. The summed E-state index contributed by atoms with van der Waals surface area (Å²) in [6, 6.07) is 5.71. The molecule has 0 saturated carbocycles. The molecule has 1 rings (SSSR count). The predicted molar refractivity (Wildman–Crippen MR) is 70.5 cm³/mol. The van der Waals surface area contributed by atoms with Gasteiger partial charge in [-0.1, -0.05) is 35.3 Å². The second-order valence-electron chi connectivity index (χ2n) is 3.81. The predicted octanol–water partition coefficient (Wildman–Crippen LogP) is 2.29. The third-order valence-corrected chi connectivity index (χ3v) is 2.90. The molecule has 0 aliphatic heterocycles. The van der Waals surface area contributed by atoms with E-state index in [1.54, 1.807) is 0 Å². The molecular weight excluding hydrogens is 284 g/mol. The number of ether oxygens (including phenoxy) is 1. The second kappa shape index (κ2) is 6.61. The minimum atomic E-state index is -0.544. The minimum Gasteiger partial charge on any atom is -0.480 e. The fourth-order valence-electron chi connectivity index (χ4n) is 1.45. The van der Waals surface area contributed by atoms with Crippen molar-refractivity contribution in [2.24, 2.45) is 5.84 Å². The molecule has 0 fully saturated rings. The molecule has 0 heterocycles. The molecule has 1 atom stereocenters. The van der Waals surface area contributed by atoms with Gasteiger partial charge in [0.1, 0.15) is 5.75 Å². The zero-order valence-electron chi connectivity index (χ0n) is 10.00. The highest BCUT2D eigenvalue weighted by atomic mass is 79.9. The van der Waals surface area contributed by atoms with Crippen LogP contribution in [0.3, 0.4) is 0 Å². The number of hydrazine groups is 1. The number of carbonyl (C=O) groups excluding carboxylic acids is 1. The first-order chi connectivity index (χ1) is 8.08. The van der Waals surface area contributed by atoms with Crippen LogP contribution in [0.4, 0.5) is 0 Å². The molecule has 1 aromatic rings. The number of hydrogen-bond donors (Lipinski definition) is 2. The average molecular weight is 301 g/mol. The molecule has 0 aliphatic rings. The van der Waals surface area contributed by atoms with Gasteiger partial charge in [-0.3, -0.25) is 10.2 Å². The van der Waals surface area contributed by atoms with E-state index in [4.69, 9.17) is 10.6 Å². The maximum absolute atomic E-state index is 11.5. The fraction of sp³-hybridized carbons (Fsp3) is 0.417. The highest BCUT2D eigenvalue weighted by molar-refractivity contribution is 9.10. The standard InChI is InChI=1S/C12H17BrN2O2/c1-3-4-10(12(16)15-14)17-11-7-9(13)6-5-8(11)2/h5-7,10H,3-4,14H2,1-2H3,(H,15,16). The number of hydrogen-bond acceptors (Lipinski definition) is 3. The zero-order chi connectivity index (χ0) is 12.8. The maximum Gasteiger partial charge on any atom is 0.274 e. The summed E-state index contributed by atoms with van der Waals surface area (Å²) >= 11 is 3.37. The molecule has 4 nitrogen and oxygen atoms in total. The largest absolute Gasteiger partial charge is 0.480 e. The first kappa shape index (κ1) is 14.0. The van der Waals surface area contributed by atoms with Crippen LogP contribution in [-0.2, 0) is 4.79 Å². The lowest BCUT2D eigenvalue weighted by Crippen LogP contribution is -2.42. The van der Waals surface area contributed by atoms with Crippen molar-refractivity contribution < 1.29 is 9.53 Å². The summed E-state index contributed by atoms with van der Waals surface area (Å²) in [5.41, 5.74) is 3.11. The number of halogens is 1. The van der Waals surface area contributed by atoms with Crippen molar-refractivity contribution in [3.8, 4) is 5.75 Å². The first-order valence-corrected chi connectivity index (χ1v) is 6.31. The third-order valence-electron chi connectivity index (χ3n) is 2.40. The topological polar surface area (TPSA) is 64.3 Å². The van der Waals surface area contributed by atoms with Crippen molar-refractivity contribution in [2.75, 3.05) is 0 Å². The smallest absolute Gasteiger partial charge is 0.274 e. The van der Waals surface area contributed by atoms with E-state index in [0.717, 1.165) is 16.5 Å². The number of benzene rings is 1. The summed E-state index contributed by atoms with van der Waals surface area (Å²) in [6.45, 7) is 3.93. The molecule has 0 saturated heterocycles. The van der Waals surface area contributed by atoms with Gasteiger partial charge in [0.05, 0.1) is 0 Å². The Bertz CT molecular complexity index is 396. The molecule has 94 valence electrons. The first-order valence-electron chi connectivity index (χ1n) is 5.51. The van der Waals surface area contributed by atoms with E-state index in [2.05, 4.69) is 21.4 Å². The van der Waals surface area contributed by atoms with Crippen LogP contribution in [0.5, 0.6) is 5.75 Å². The van der Waals surface area contributed by atoms with Gasteiger partial charge in [0.25, 0.3) is 5.91 Å². The van der Waals surface area contributed by atoms with Crippen molar-refractivity contribution in [2.45, 2.75) is 32.8 Å². The highest BCUT2D eigenvalue weighted by Gasteiger charge is 2.19. The Morgan fingerprint density at radius 1 is 1.59 bits per heavy atom. The Hall–Kier alpha value is -1.07. The van der Waals surface area contributed by atoms with Crippen molar-refractivity contribution in [1.82, 2.24) is 5.43 Å². The van der Waals surface area contributed by atoms with Crippen molar-refractivity contribution in [3.63, 3.8) is 0 Å². The van der Waals surface area contributed by atoms with Gasteiger partial charge in [-0.05, 0) is 31.0 Å². The molecule has 1 amide bonds. The van der Waals surface area contributed by atoms with Crippen molar-refractivity contribution >= 4 is 21.8 Å². The summed E-state index contributed by atoms with van der Waals surface area (Å²) in [6.07, 6.45) is 0.943. The van der Waals surface area contributed by atoms with E-state index in [9.17, 15) is 4.79 Å². The van der Waals surface area contributed by atoms with Crippen LogP contribution in [0, 0.1) is 6.92 Å². The number of nitrogens with two attached hydrogens (primary N) is 1. The molecule has 0 radical (unpaired) electrons. The van der Waals surface area contributed by atoms with Gasteiger partial charge in [0, 0.05) is 4.47 Å². The lowest BCUT2D eigenvalue weighted by molar-refractivity contribution is -0.128.